The van der Waals surface area contributed by atoms with E-state index in [9.17, 15) is 10.1 Å². The first-order valence-corrected chi connectivity index (χ1v) is 16.3. The van der Waals surface area contributed by atoms with Gasteiger partial charge in [0.25, 0.3) is 8.53 Å². The largest absolute Gasteiger partial charge is 0.494 e. The molecule has 12 nitrogen and oxygen atoms in total. The van der Waals surface area contributed by atoms with Crippen LogP contribution in [0.15, 0.2) is 34.6 Å². The lowest BCUT2D eigenvalue weighted by atomic mass is 9.88. The van der Waals surface area contributed by atoms with Crippen LogP contribution in [-0.2, 0) is 9.05 Å². The first-order chi connectivity index (χ1) is 20.4. The average molecular weight is 632 g/mol. The zero-order valence-electron chi connectivity index (χ0n) is 26.2. The number of aromatic nitrogens is 1. The van der Waals surface area contributed by atoms with E-state index in [4.69, 9.17) is 19.0 Å². The first kappa shape index (κ1) is 34.5. The third kappa shape index (κ3) is 9.00. The Labute approximate surface area is 259 Å². The highest BCUT2D eigenvalue weighted by Crippen LogP contribution is 2.47. The molecule has 0 N–H and O–H groups in total. The number of nitrogens with zero attached hydrogens (tertiary/aromatic N) is 7. The van der Waals surface area contributed by atoms with Gasteiger partial charge in [0.1, 0.15) is 17.6 Å². The Bertz CT molecular complexity index is 1350. The molecular formula is C29H42N7O5PS. The Morgan fingerprint density at radius 1 is 1.19 bits per heavy atom. The normalized spacial score (nSPS) is 15.2. The first-order valence-electron chi connectivity index (χ1n) is 14.3. The zero-order chi connectivity index (χ0) is 31.7. The second kappa shape index (κ2) is 15.6. The van der Waals surface area contributed by atoms with E-state index in [1.165, 1.54) is 6.20 Å². The molecule has 1 unspecified atom stereocenters. The number of azo groups is 1. The van der Waals surface area contributed by atoms with Crippen LogP contribution in [0.3, 0.4) is 0 Å². The third-order valence-corrected chi connectivity index (χ3v) is 9.76. The van der Waals surface area contributed by atoms with Gasteiger partial charge in [-0.2, -0.15) is 5.26 Å². The lowest BCUT2D eigenvalue weighted by Crippen LogP contribution is -2.45. The summed E-state index contributed by atoms with van der Waals surface area (Å²) < 4.78 is 20.2. The summed E-state index contributed by atoms with van der Waals surface area (Å²) >= 11 is 0.863. The SMILES string of the molecule is COc1cc2c(cc1/N=N/c1ncc([N+](=O)[O-])s1)C(C)=CC(C)(C)N2CCCCOP(OCCC#N)N(C(C)C)C(C)C. The van der Waals surface area contributed by atoms with Crippen LogP contribution < -0.4 is 9.64 Å². The molecule has 1 aliphatic rings. The molecule has 14 heteroatoms. The summed E-state index contributed by atoms with van der Waals surface area (Å²) in [4.78, 5) is 16.8. The van der Waals surface area contributed by atoms with Crippen molar-refractivity contribution in [3.8, 4) is 11.8 Å². The highest BCUT2D eigenvalue weighted by molar-refractivity contribution is 7.44. The van der Waals surface area contributed by atoms with Crippen molar-refractivity contribution in [2.45, 2.75) is 85.4 Å². The minimum Gasteiger partial charge on any atom is -0.494 e. The van der Waals surface area contributed by atoms with Gasteiger partial charge in [-0.1, -0.05) is 6.08 Å². The van der Waals surface area contributed by atoms with Gasteiger partial charge in [-0.05, 0) is 84.3 Å². The van der Waals surface area contributed by atoms with Gasteiger partial charge in [0.15, 0.2) is 0 Å². The van der Waals surface area contributed by atoms with Gasteiger partial charge in [0, 0.05) is 35.9 Å². The predicted octanol–water partition coefficient (Wildman–Crippen LogP) is 8.55. The highest BCUT2D eigenvalue weighted by Gasteiger charge is 2.32. The van der Waals surface area contributed by atoms with Crippen molar-refractivity contribution in [3.63, 3.8) is 0 Å². The lowest BCUT2D eigenvalue weighted by Gasteiger charge is -2.43. The molecule has 0 saturated heterocycles. The topological polar surface area (TPSA) is 139 Å². The van der Waals surface area contributed by atoms with Crippen LogP contribution in [0.1, 0.15) is 73.3 Å². The van der Waals surface area contributed by atoms with Crippen LogP contribution in [0, 0.1) is 21.4 Å². The fourth-order valence-electron chi connectivity index (χ4n) is 5.05. The van der Waals surface area contributed by atoms with Crippen LogP contribution in [0.5, 0.6) is 5.75 Å². The summed E-state index contributed by atoms with van der Waals surface area (Å²) in [6.07, 6.45) is 5.50. The number of ether oxygens (including phenoxy) is 1. The quantitative estimate of drug-likeness (QED) is 0.0586. The number of benzene rings is 1. The van der Waals surface area contributed by atoms with E-state index in [2.05, 4.69) is 85.4 Å². The number of hydrogen-bond donors (Lipinski definition) is 0. The fourth-order valence-corrected chi connectivity index (χ4v) is 7.24. The maximum Gasteiger partial charge on any atom is 0.345 e. The molecule has 0 bridgehead atoms. The second-order valence-electron chi connectivity index (χ2n) is 11.2. The van der Waals surface area contributed by atoms with E-state index in [0.29, 0.717) is 31.1 Å². The molecule has 0 aliphatic carbocycles. The standard InChI is InChI=1S/C29H42N7O5PS/c1-20(2)35(21(3)4)42(41-15-11-12-30)40-14-10-9-13-34-25-17-26(39-8)24(16-23(25)22(5)18-29(34,6)7)32-33-28-31-19-27(43-28)36(37)38/h16-21H,9-11,13-15H2,1-8H3/b33-32+. The molecule has 234 valence electrons. The number of nitriles is 1. The van der Waals surface area contributed by atoms with E-state index in [-0.39, 0.29) is 27.8 Å². The molecule has 0 spiro atoms. The zero-order valence-corrected chi connectivity index (χ0v) is 27.9. The molecule has 0 amide bonds. The Morgan fingerprint density at radius 3 is 2.49 bits per heavy atom. The van der Waals surface area contributed by atoms with E-state index < -0.39 is 13.4 Å². The van der Waals surface area contributed by atoms with Crippen molar-refractivity contribution in [1.29, 1.82) is 5.26 Å². The van der Waals surface area contributed by atoms with E-state index in [1.54, 1.807) is 7.11 Å². The van der Waals surface area contributed by atoms with Crippen LogP contribution in [0.2, 0.25) is 0 Å². The summed E-state index contributed by atoms with van der Waals surface area (Å²) in [7, 11) is 0.326. The smallest absolute Gasteiger partial charge is 0.345 e. The molecular weight excluding hydrogens is 589 g/mol. The maximum atomic E-state index is 11.0. The number of methoxy groups -OCH3 is 1. The monoisotopic (exact) mass is 631 g/mol. The van der Waals surface area contributed by atoms with Gasteiger partial charge in [0.2, 0.25) is 5.13 Å². The number of thiazole rings is 1. The molecule has 0 radical (unpaired) electrons. The molecule has 2 heterocycles. The van der Waals surface area contributed by atoms with Gasteiger partial charge in [0.05, 0.1) is 43.3 Å². The Hall–Kier alpha value is -3.01. The molecule has 0 fully saturated rings. The Balaban J connectivity index is 1.74. The van der Waals surface area contributed by atoms with Crippen molar-refractivity contribution >= 4 is 46.9 Å². The summed E-state index contributed by atoms with van der Waals surface area (Å²) in [6.45, 7) is 16.7. The van der Waals surface area contributed by atoms with Crippen LogP contribution in [0.25, 0.3) is 5.57 Å². The van der Waals surface area contributed by atoms with Crippen molar-refractivity contribution in [1.82, 2.24) is 9.65 Å². The Kier molecular flexibility index (Phi) is 12.5. The minimum absolute atomic E-state index is 0.0892. The molecule has 0 saturated carbocycles. The van der Waals surface area contributed by atoms with Crippen molar-refractivity contribution < 1.29 is 18.7 Å². The highest BCUT2D eigenvalue weighted by atomic mass is 32.1. The summed E-state index contributed by atoms with van der Waals surface area (Å²) in [5.41, 5.74) is 3.47. The average Bonchev–Trinajstić information content (AvgIpc) is 3.41. The van der Waals surface area contributed by atoms with Gasteiger partial charge in [-0.15, -0.1) is 10.2 Å². The van der Waals surface area contributed by atoms with Gasteiger partial charge >= 0.3 is 5.00 Å². The number of fused-ring (bicyclic) bond motifs is 1. The number of anilines is 1. The number of unbranched alkanes of at least 4 members (excludes halogenated alkanes) is 1. The van der Waals surface area contributed by atoms with Gasteiger partial charge in [-0.3, -0.25) is 10.1 Å². The van der Waals surface area contributed by atoms with E-state index >= 15 is 0 Å². The van der Waals surface area contributed by atoms with E-state index in [0.717, 1.165) is 47.5 Å². The summed E-state index contributed by atoms with van der Waals surface area (Å²) in [5, 5.41) is 28.5. The van der Waals surface area contributed by atoms with E-state index in [1.807, 2.05) is 12.1 Å². The van der Waals surface area contributed by atoms with Crippen LogP contribution in [0.4, 0.5) is 21.5 Å². The van der Waals surface area contributed by atoms with Crippen LogP contribution >= 0.6 is 19.9 Å². The summed E-state index contributed by atoms with van der Waals surface area (Å²) in [5.74, 6) is 0.551. The number of nitro groups is 1. The Morgan fingerprint density at radius 2 is 1.88 bits per heavy atom. The molecule has 1 atom stereocenters. The lowest BCUT2D eigenvalue weighted by molar-refractivity contribution is -0.380. The van der Waals surface area contributed by atoms with Crippen molar-refractivity contribution in [3.05, 3.63) is 40.1 Å². The molecule has 2 aromatic rings. The van der Waals surface area contributed by atoms with Gasteiger partial charge < -0.3 is 18.7 Å². The molecule has 1 aliphatic heterocycles. The van der Waals surface area contributed by atoms with Crippen LogP contribution in [-0.4, -0.2) is 59.1 Å². The van der Waals surface area contributed by atoms with Gasteiger partial charge in [-0.25, -0.2) is 9.65 Å². The van der Waals surface area contributed by atoms with Crippen molar-refractivity contribution in [2.75, 3.05) is 31.8 Å². The second-order valence-corrected chi connectivity index (χ2v) is 13.6. The molecule has 43 heavy (non-hydrogen) atoms. The number of hydrogen-bond acceptors (Lipinski definition) is 12. The third-order valence-electron chi connectivity index (χ3n) is 6.82. The summed E-state index contributed by atoms with van der Waals surface area (Å²) in [6, 6.07) is 6.57. The predicted molar refractivity (Wildman–Crippen MR) is 171 cm³/mol. The maximum absolute atomic E-state index is 11.0. The molecule has 1 aromatic heterocycles. The molecule has 3 rings (SSSR count). The number of allylic oxidation sites excluding steroid dienone is 1. The number of rotatable bonds is 16. The van der Waals surface area contributed by atoms with Crippen molar-refractivity contribution in [2.24, 2.45) is 10.2 Å². The fraction of sp³-hybridized carbons (Fsp3) is 0.586. The minimum atomic E-state index is -1.26. The molecule has 1 aromatic carbocycles.